The van der Waals surface area contributed by atoms with Crippen molar-refractivity contribution in [3.63, 3.8) is 0 Å². The number of esters is 1. The second-order valence-electron chi connectivity index (χ2n) is 6.47. The molecule has 0 amide bonds. The normalized spacial score (nSPS) is 19.0. The number of nitrogens with one attached hydrogen (secondary N) is 1. The van der Waals surface area contributed by atoms with E-state index in [4.69, 9.17) is 16.3 Å². The number of hydrogen-bond acceptors (Lipinski definition) is 6. The molecule has 2 heterocycles. The van der Waals surface area contributed by atoms with Crippen LogP contribution >= 0.6 is 11.6 Å². The highest BCUT2D eigenvalue weighted by Gasteiger charge is 2.39. The van der Waals surface area contributed by atoms with Crippen molar-refractivity contribution < 1.29 is 23.8 Å². The van der Waals surface area contributed by atoms with Crippen molar-refractivity contribution in [2.45, 2.75) is 19.8 Å². The summed E-state index contributed by atoms with van der Waals surface area (Å²) < 4.78 is 19.1. The van der Waals surface area contributed by atoms with Crippen LogP contribution in [0.25, 0.3) is 11.3 Å². The molecule has 1 unspecified atom stereocenters. The van der Waals surface area contributed by atoms with E-state index < -0.39 is 17.2 Å². The summed E-state index contributed by atoms with van der Waals surface area (Å²) in [6, 6.07) is 5.15. The Hall–Kier alpha value is -2.74. The van der Waals surface area contributed by atoms with Gasteiger partial charge in [0.05, 0.1) is 18.7 Å². The minimum absolute atomic E-state index is 0.0425. The number of nitrogens with zero attached hydrogens (tertiary/aromatic N) is 2. The fourth-order valence-electron chi connectivity index (χ4n) is 2.89. The van der Waals surface area contributed by atoms with E-state index in [-0.39, 0.29) is 41.6 Å². The number of carboxylic acid groups (broad SMARTS) is 1. The number of rotatable bonds is 6. The Labute approximate surface area is 159 Å². The SMILES string of the molecule is CCC1(CNc2nnc(-c3cc(Cl)ccc3F)cc2C(=O)O)COC(=O)C1. The Balaban J connectivity index is 1.89. The summed E-state index contributed by atoms with van der Waals surface area (Å²) in [5.74, 6) is -2.06. The molecular weight excluding hydrogens is 377 g/mol. The summed E-state index contributed by atoms with van der Waals surface area (Å²) in [5.41, 5.74) is -0.464. The van der Waals surface area contributed by atoms with E-state index in [1.807, 2.05) is 6.92 Å². The number of ether oxygens (including phenoxy) is 1. The lowest BCUT2D eigenvalue weighted by Gasteiger charge is -2.24. The molecule has 1 atom stereocenters. The number of carboxylic acids is 1. The van der Waals surface area contributed by atoms with Crippen molar-refractivity contribution in [1.82, 2.24) is 10.2 Å². The monoisotopic (exact) mass is 393 g/mol. The Bertz CT molecular complexity index is 908. The molecule has 9 heteroatoms. The molecule has 7 nitrogen and oxygen atoms in total. The van der Waals surface area contributed by atoms with E-state index in [0.29, 0.717) is 18.0 Å². The molecule has 0 bridgehead atoms. The quantitative estimate of drug-likeness (QED) is 0.725. The summed E-state index contributed by atoms with van der Waals surface area (Å²) in [6.45, 7) is 2.49. The third kappa shape index (κ3) is 4.00. The zero-order valence-corrected chi connectivity index (χ0v) is 15.2. The largest absolute Gasteiger partial charge is 0.478 e. The van der Waals surface area contributed by atoms with Crippen LogP contribution < -0.4 is 5.32 Å². The van der Waals surface area contributed by atoms with Crippen molar-refractivity contribution in [3.8, 4) is 11.3 Å². The number of aromatic carboxylic acids is 1. The van der Waals surface area contributed by atoms with Gasteiger partial charge in [-0.15, -0.1) is 10.2 Å². The average Bonchev–Trinajstić information content (AvgIpc) is 3.03. The van der Waals surface area contributed by atoms with Gasteiger partial charge < -0.3 is 15.2 Å². The molecule has 0 saturated carbocycles. The third-order valence-corrected chi connectivity index (χ3v) is 4.90. The van der Waals surface area contributed by atoms with Gasteiger partial charge >= 0.3 is 11.9 Å². The number of hydrogen-bond donors (Lipinski definition) is 2. The van der Waals surface area contributed by atoms with Crippen LogP contribution in [0, 0.1) is 11.2 Å². The Morgan fingerprint density at radius 3 is 2.81 bits per heavy atom. The first-order valence-electron chi connectivity index (χ1n) is 8.29. The smallest absolute Gasteiger partial charge is 0.339 e. The lowest BCUT2D eigenvalue weighted by Crippen LogP contribution is -2.30. The maximum atomic E-state index is 14.0. The summed E-state index contributed by atoms with van der Waals surface area (Å²) in [4.78, 5) is 23.1. The van der Waals surface area contributed by atoms with Crippen molar-refractivity contribution in [2.75, 3.05) is 18.5 Å². The minimum atomic E-state index is -1.24. The lowest BCUT2D eigenvalue weighted by molar-refractivity contribution is -0.137. The van der Waals surface area contributed by atoms with E-state index in [9.17, 15) is 19.1 Å². The van der Waals surface area contributed by atoms with Gasteiger partial charge in [0, 0.05) is 22.5 Å². The molecule has 0 aliphatic carbocycles. The summed E-state index contributed by atoms with van der Waals surface area (Å²) >= 11 is 5.88. The molecule has 1 aliphatic rings. The topological polar surface area (TPSA) is 101 Å². The van der Waals surface area contributed by atoms with E-state index in [1.165, 1.54) is 24.3 Å². The van der Waals surface area contributed by atoms with Gasteiger partial charge in [-0.05, 0) is 30.7 Å². The Morgan fingerprint density at radius 1 is 1.41 bits per heavy atom. The van der Waals surface area contributed by atoms with Gasteiger partial charge in [0.25, 0.3) is 0 Å². The predicted octanol–water partition coefficient (Wildman–Crippen LogP) is 3.39. The molecule has 27 heavy (non-hydrogen) atoms. The fraction of sp³-hybridized carbons (Fsp3) is 0.333. The van der Waals surface area contributed by atoms with Gasteiger partial charge in [-0.2, -0.15) is 0 Å². The average molecular weight is 394 g/mol. The van der Waals surface area contributed by atoms with Crippen LogP contribution in [0.5, 0.6) is 0 Å². The molecule has 1 aromatic carbocycles. The summed E-state index contributed by atoms with van der Waals surface area (Å²) in [6.07, 6.45) is 0.922. The molecule has 1 saturated heterocycles. The summed E-state index contributed by atoms with van der Waals surface area (Å²) in [5, 5.41) is 20.6. The van der Waals surface area contributed by atoms with Crippen LogP contribution in [-0.2, 0) is 9.53 Å². The third-order valence-electron chi connectivity index (χ3n) is 4.67. The van der Waals surface area contributed by atoms with Gasteiger partial charge in [-0.3, -0.25) is 4.79 Å². The zero-order valence-electron chi connectivity index (χ0n) is 14.5. The highest BCUT2D eigenvalue weighted by molar-refractivity contribution is 6.30. The number of anilines is 1. The van der Waals surface area contributed by atoms with Gasteiger partial charge in [-0.1, -0.05) is 18.5 Å². The highest BCUT2D eigenvalue weighted by atomic mass is 35.5. The lowest BCUT2D eigenvalue weighted by atomic mass is 9.84. The molecular formula is C18H17ClFN3O4. The van der Waals surface area contributed by atoms with Crippen LogP contribution in [0.1, 0.15) is 30.1 Å². The molecule has 1 fully saturated rings. The molecule has 0 spiro atoms. The van der Waals surface area contributed by atoms with Crippen LogP contribution in [0.3, 0.4) is 0 Å². The van der Waals surface area contributed by atoms with Crippen LogP contribution in [0.15, 0.2) is 24.3 Å². The first-order chi connectivity index (χ1) is 12.8. The second-order valence-corrected chi connectivity index (χ2v) is 6.90. The first kappa shape index (κ1) is 19.0. The van der Waals surface area contributed by atoms with Crippen LogP contribution in [0.4, 0.5) is 10.2 Å². The minimum Gasteiger partial charge on any atom is -0.478 e. The number of halogens is 2. The maximum absolute atomic E-state index is 14.0. The van der Waals surface area contributed by atoms with Crippen LogP contribution in [-0.4, -0.2) is 40.4 Å². The van der Waals surface area contributed by atoms with Crippen LogP contribution in [0.2, 0.25) is 5.02 Å². The van der Waals surface area contributed by atoms with Crippen molar-refractivity contribution in [2.24, 2.45) is 5.41 Å². The molecule has 1 aromatic heterocycles. The van der Waals surface area contributed by atoms with E-state index in [0.717, 1.165) is 0 Å². The van der Waals surface area contributed by atoms with Crippen molar-refractivity contribution >= 4 is 29.4 Å². The van der Waals surface area contributed by atoms with Gasteiger partial charge in [0.2, 0.25) is 0 Å². The number of carbonyl (C=O) groups is 2. The highest BCUT2D eigenvalue weighted by Crippen LogP contribution is 2.34. The Morgan fingerprint density at radius 2 is 2.19 bits per heavy atom. The predicted molar refractivity (Wildman–Crippen MR) is 96.2 cm³/mol. The molecule has 1 aliphatic heterocycles. The first-order valence-corrected chi connectivity index (χ1v) is 8.67. The van der Waals surface area contributed by atoms with Gasteiger partial charge in [0.15, 0.2) is 5.82 Å². The molecule has 2 N–H and O–H groups in total. The number of carbonyl (C=O) groups excluding carboxylic acids is 1. The molecule has 3 rings (SSSR count). The number of aromatic nitrogens is 2. The molecule has 2 aromatic rings. The number of benzene rings is 1. The molecule has 142 valence electrons. The van der Waals surface area contributed by atoms with E-state index >= 15 is 0 Å². The molecule has 0 radical (unpaired) electrons. The number of cyclic esters (lactones) is 1. The second kappa shape index (κ2) is 7.48. The van der Waals surface area contributed by atoms with Crippen molar-refractivity contribution in [3.05, 3.63) is 40.7 Å². The zero-order chi connectivity index (χ0) is 19.6. The van der Waals surface area contributed by atoms with E-state index in [1.54, 1.807) is 0 Å². The van der Waals surface area contributed by atoms with E-state index in [2.05, 4.69) is 15.5 Å². The van der Waals surface area contributed by atoms with Gasteiger partial charge in [0.1, 0.15) is 11.4 Å². The maximum Gasteiger partial charge on any atom is 0.339 e. The van der Waals surface area contributed by atoms with Gasteiger partial charge in [-0.25, -0.2) is 9.18 Å². The summed E-state index contributed by atoms with van der Waals surface area (Å²) in [7, 11) is 0. The Kier molecular flexibility index (Phi) is 5.27. The van der Waals surface area contributed by atoms with Crippen molar-refractivity contribution in [1.29, 1.82) is 0 Å². The standard InChI is InChI=1S/C18H17ClFN3O4/c1-2-18(7-15(24)27-9-18)8-21-16-12(17(25)26)6-14(22-23-16)11-5-10(19)3-4-13(11)20/h3-6H,2,7-9H2,1H3,(H,21,23)(H,25,26). The fourth-order valence-corrected chi connectivity index (χ4v) is 3.06.